The highest BCUT2D eigenvalue weighted by atomic mass is 32.2. The number of rotatable bonds is 8. The molecule has 4 rings (SSSR count). The van der Waals surface area contributed by atoms with E-state index in [4.69, 9.17) is 4.74 Å². The molecule has 1 amide bonds. The van der Waals surface area contributed by atoms with E-state index >= 15 is 0 Å². The summed E-state index contributed by atoms with van der Waals surface area (Å²) in [5, 5.41) is 9.03. The molecule has 7 heteroatoms. The summed E-state index contributed by atoms with van der Waals surface area (Å²) >= 11 is 1.48. The first-order valence-electron chi connectivity index (χ1n) is 10.7. The van der Waals surface area contributed by atoms with Gasteiger partial charge in [-0.1, -0.05) is 25.1 Å². The van der Waals surface area contributed by atoms with Gasteiger partial charge in [-0.15, -0.1) is 10.2 Å². The van der Waals surface area contributed by atoms with Crippen LogP contribution in [0.25, 0.3) is 5.69 Å². The summed E-state index contributed by atoms with van der Waals surface area (Å²) in [5.41, 5.74) is 0.961. The van der Waals surface area contributed by atoms with Gasteiger partial charge >= 0.3 is 0 Å². The zero-order valence-corrected chi connectivity index (χ0v) is 18.1. The van der Waals surface area contributed by atoms with Crippen molar-refractivity contribution >= 4 is 17.7 Å². The molecule has 0 atom stereocenters. The Balaban J connectivity index is 1.39. The number of aromatic nitrogens is 3. The summed E-state index contributed by atoms with van der Waals surface area (Å²) in [5.74, 6) is 2.32. The fourth-order valence-corrected chi connectivity index (χ4v) is 5.13. The first-order chi connectivity index (χ1) is 14.2. The van der Waals surface area contributed by atoms with E-state index in [1.807, 2.05) is 28.8 Å². The van der Waals surface area contributed by atoms with Gasteiger partial charge in [-0.05, 0) is 68.7 Å². The number of methoxy groups -OCH3 is 1. The molecule has 0 radical (unpaired) electrons. The lowest BCUT2D eigenvalue weighted by molar-refractivity contribution is -0.132. The van der Waals surface area contributed by atoms with E-state index in [0.29, 0.717) is 17.8 Å². The van der Waals surface area contributed by atoms with Crippen LogP contribution in [0.3, 0.4) is 0 Å². The van der Waals surface area contributed by atoms with Gasteiger partial charge in [0, 0.05) is 17.8 Å². The van der Waals surface area contributed by atoms with Gasteiger partial charge in [-0.25, -0.2) is 0 Å². The lowest BCUT2D eigenvalue weighted by atomic mass is 9.84. The molecule has 156 valence electrons. The molecular weight excluding hydrogens is 384 g/mol. The molecule has 0 saturated heterocycles. The monoisotopic (exact) mass is 414 g/mol. The molecule has 1 aromatic carbocycles. The Labute approximate surface area is 177 Å². The fraction of sp³-hybridized carbons (Fsp3) is 0.591. The van der Waals surface area contributed by atoms with E-state index < -0.39 is 0 Å². The van der Waals surface area contributed by atoms with Crippen LogP contribution in [0.2, 0.25) is 0 Å². The van der Waals surface area contributed by atoms with Crippen molar-refractivity contribution in [2.24, 2.45) is 5.92 Å². The lowest BCUT2D eigenvalue weighted by Crippen LogP contribution is -2.44. The maximum Gasteiger partial charge on any atom is 0.233 e. The molecule has 2 aliphatic rings. The number of hydrogen-bond donors (Lipinski definition) is 0. The van der Waals surface area contributed by atoms with Crippen molar-refractivity contribution in [2.75, 3.05) is 12.9 Å². The molecule has 2 fully saturated rings. The normalized spacial score (nSPS) is 21.7. The number of carbonyl (C=O) groups excluding carboxylic acids is 1. The summed E-state index contributed by atoms with van der Waals surface area (Å²) in [7, 11) is 1.65. The van der Waals surface area contributed by atoms with Crippen LogP contribution < -0.4 is 4.74 Å². The van der Waals surface area contributed by atoms with Gasteiger partial charge in [-0.2, -0.15) is 0 Å². The number of amides is 1. The second kappa shape index (κ2) is 9.20. The number of thioether (sulfide) groups is 1. The van der Waals surface area contributed by atoms with Crippen molar-refractivity contribution in [1.82, 2.24) is 19.7 Å². The van der Waals surface area contributed by atoms with Gasteiger partial charge in [0.15, 0.2) is 5.16 Å². The van der Waals surface area contributed by atoms with Crippen LogP contribution >= 0.6 is 11.8 Å². The van der Waals surface area contributed by atoms with E-state index in [9.17, 15) is 4.79 Å². The lowest BCUT2D eigenvalue weighted by Gasteiger charge is -2.37. The highest BCUT2D eigenvalue weighted by Gasteiger charge is 2.38. The zero-order chi connectivity index (χ0) is 20.2. The molecule has 29 heavy (non-hydrogen) atoms. The van der Waals surface area contributed by atoms with E-state index in [1.165, 1.54) is 31.0 Å². The second-order valence-corrected chi connectivity index (χ2v) is 9.03. The van der Waals surface area contributed by atoms with Gasteiger partial charge in [0.2, 0.25) is 5.91 Å². The van der Waals surface area contributed by atoms with Crippen LogP contribution in [-0.2, 0) is 4.79 Å². The van der Waals surface area contributed by atoms with Crippen LogP contribution in [0.15, 0.2) is 35.7 Å². The van der Waals surface area contributed by atoms with Crippen LogP contribution in [0, 0.1) is 5.92 Å². The standard InChI is InChI=1S/C22H30N4O2S/c1-3-16-4-6-18(7-5-16)26(19-8-9-19)21(27)14-29-22-24-23-15-25(22)17-10-12-20(28-2)13-11-17/h10-13,15-16,18-19H,3-9,14H2,1-2H3. The minimum atomic E-state index is 0.252. The molecule has 0 aliphatic heterocycles. The third kappa shape index (κ3) is 4.77. The minimum absolute atomic E-state index is 0.252. The van der Waals surface area contributed by atoms with E-state index in [-0.39, 0.29) is 5.91 Å². The van der Waals surface area contributed by atoms with E-state index in [1.54, 1.807) is 13.4 Å². The first-order valence-corrected chi connectivity index (χ1v) is 11.7. The van der Waals surface area contributed by atoms with E-state index in [0.717, 1.165) is 48.2 Å². The molecule has 2 aliphatic carbocycles. The van der Waals surface area contributed by atoms with E-state index in [2.05, 4.69) is 22.0 Å². The van der Waals surface area contributed by atoms with Crippen molar-refractivity contribution in [2.45, 2.75) is 69.1 Å². The Bertz CT molecular complexity index is 810. The summed E-state index contributed by atoms with van der Waals surface area (Å²) in [6, 6.07) is 8.66. The molecule has 0 spiro atoms. The molecule has 2 aromatic rings. The third-order valence-electron chi connectivity index (χ3n) is 6.21. The fourth-order valence-electron chi connectivity index (χ4n) is 4.33. The molecule has 0 N–H and O–H groups in total. The highest BCUT2D eigenvalue weighted by molar-refractivity contribution is 7.99. The average molecular weight is 415 g/mol. The van der Waals surface area contributed by atoms with Crippen molar-refractivity contribution in [3.63, 3.8) is 0 Å². The maximum absolute atomic E-state index is 13.1. The van der Waals surface area contributed by atoms with Crippen LogP contribution in [0.4, 0.5) is 0 Å². The summed E-state index contributed by atoms with van der Waals surface area (Å²) < 4.78 is 7.15. The summed E-state index contributed by atoms with van der Waals surface area (Å²) in [6.07, 6.45) is 10.1. The molecule has 0 unspecified atom stereocenters. The molecule has 2 saturated carbocycles. The largest absolute Gasteiger partial charge is 0.497 e. The summed E-state index contributed by atoms with van der Waals surface area (Å²) in [6.45, 7) is 2.28. The number of benzene rings is 1. The zero-order valence-electron chi connectivity index (χ0n) is 17.3. The molecule has 1 heterocycles. The van der Waals surface area contributed by atoms with Crippen LogP contribution in [0.5, 0.6) is 5.75 Å². The predicted octanol–water partition coefficient (Wildman–Crippen LogP) is 4.33. The Kier molecular flexibility index (Phi) is 6.43. The van der Waals surface area contributed by atoms with Gasteiger partial charge < -0.3 is 9.64 Å². The van der Waals surface area contributed by atoms with Gasteiger partial charge in [0.1, 0.15) is 12.1 Å². The number of carbonyl (C=O) groups is 1. The SMILES string of the molecule is CCC1CCC(N(C(=O)CSc2nncn2-c2ccc(OC)cc2)C2CC2)CC1. The molecule has 1 aromatic heterocycles. The molecule has 6 nitrogen and oxygen atoms in total. The number of hydrogen-bond acceptors (Lipinski definition) is 5. The topological polar surface area (TPSA) is 60.2 Å². The first kappa shape index (κ1) is 20.3. The van der Waals surface area contributed by atoms with Crippen molar-refractivity contribution in [3.05, 3.63) is 30.6 Å². The Hall–Kier alpha value is -2.02. The molecular formula is C22H30N4O2S. The van der Waals surface area contributed by atoms with Crippen LogP contribution in [0.1, 0.15) is 51.9 Å². The maximum atomic E-state index is 13.1. The minimum Gasteiger partial charge on any atom is -0.497 e. The van der Waals surface area contributed by atoms with Crippen molar-refractivity contribution < 1.29 is 9.53 Å². The van der Waals surface area contributed by atoms with Crippen LogP contribution in [-0.4, -0.2) is 50.5 Å². The quantitative estimate of drug-likeness (QED) is 0.602. The van der Waals surface area contributed by atoms with Gasteiger partial charge in [0.05, 0.1) is 12.9 Å². The van der Waals surface area contributed by atoms with Crippen molar-refractivity contribution in [3.8, 4) is 11.4 Å². The van der Waals surface area contributed by atoms with Gasteiger partial charge in [0.25, 0.3) is 0 Å². The predicted molar refractivity (Wildman–Crippen MR) is 115 cm³/mol. The van der Waals surface area contributed by atoms with Gasteiger partial charge in [-0.3, -0.25) is 9.36 Å². The number of nitrogens with zero attached hydrogens (tertiary/aromatic N) is 4. The second-order valence-electron chi connectivity index (χ2n) is 8.09. The van der Waals surface area contributed by atoms with Crippen molar-refractivity contribution in [1.29, 1.82) is 0 Å². The Morgan fingerprint density at radius 2 is 1.79 bits per heavy atom. The average Bonchev–Trinajstić information content (AvgIpc) is 3.48. The Morgan fingerprint density at radius 1 is 1.14 bits per heavy atom. The highest BCUT2D eigenvalue weighted by Crippen LogP contribution is 2.36. The smallest absolute Gasteiger partial charge is 0.233 e. The third-order valence-corrected chi connectivity index (χ3v) is 7.13. The summed E-state index contributed by atoms with van der Waals surface area (Å²) in [4.78, 5) is 15.3. The number of ether oxygens (including phenoxy) is 1. The Morgan fingerprint density at radius 3 is 2.38 bits per heavy atom. The molecule has 0 bridgehead atoms.